The molecule has 1 aliphatic heterocycles. The number of carbonyl (C=O) groups is 1. The van der Waals surface area contributed by atoms with Gasteiger partial charge in [-0.2, -0.15) is 0 Å². The minimum absolute atomic E-state index is 0.0111. The van der Waals surface area contributed by atoms with E-state index in [2.05, 4.69) is 19.2 Å². The monoisotopic (exact) mass is 307 g/mol. The number of carbonyl (C=O) groups excluding carboxylic acids is 1. The Hall–Kier alpha value is -2.39. The standard InChI is InChI=1S/C20H21NO2/c1-20(2)12-16-10-14(13-22)8-9-17(16)18(21-20)11-19(23)15-6-4-3-5-7-15/h3-11,21-22H,12-13H2,1-2H3. The fourth-order valence-electron chi connectivity index (χ4n) is 3.04. The zero-order valence-electron chi connectivity index (χ0n) is 13.5. The molecule has 1 heterocycles. The van der Waals surface area contributed by atoms with Crippen LogP contribution >= 0.6 is 0 Å². The summed E-state index contributed by atoms with van der Waals surface area (Å²) in [6, 6.07) is 15.2. The summed E-state index contributed by atoms with van der Waals surface area (Å²) in [7, 11) is 0. The van der Waals surface area contributed by atoms with Crippen LogP contribution in [0.25, 0.3) is 5.70 Å². The minimum atomic E-state index is -0.135. The van der Waals surface area contributed by atoms with Crippen molar-refractivity contribution in [1.82, 2.24) is 5.32 Å². The molecule has 3 heteroatoms. The Kier molecular flexibility index (Phi) is 4.05. The smallest absolute Gasteiger partial charge is 0.187 e. The molecule has 0 saturated heterocycles. The van der Waals surface area contributed by atoms with Crippen molar-refractivity contribution < 1.29 is 9.90 Å². The lowest BCUT2D eigenvalue weighted by Gasteiger charge is -2.35. The number of benzene rings is 2. The highest BCUT2D eigenvalue weighted by molar-refractivity contribution is 6.08. The summed E-state index contributed by atoms with van der Waals surface area (Å²) in [5, 5.41) is 12.8. The van der Waals surface area contributed by atoms with Crippen molar-refractivity contribution in [3.63, 3.8) is 0 Å². The number of ketones is 1. The van der Waals surface area contributed by atoms with Crippen LogP contribution in [-0.2, 0) is 13.0 Å². The van der Waals surface area contributed by atoms with E-state index < -0.39 is 0 Å². The van der Waals surface area contributed by atoms with Crippen molar-refractivity contribution >= 4 is 11.5 Å². The normalized spacial score (nSPS) is 17.4. The fraction of sp³-hybridized carbons (Fsp3) is 0.250. The molecule has 0 aliphatic carbocycles. The summed E-state index contributed by atoms with van der Waals surface area (Å²) in [5.74, 6) is -0.0111. The third-order valence-corrected chi connectivity index (χ3v) is 4.08. The van der Waals surface area contributed by atoms with Crippen molar-refractivity contribution in [1.29, 1.82) is 0 Å². The summed E-state index contributed by atoms with van der Waals surface area (Å²) in [6.07, 6.45) is 2.53. The first-order valence-electron chi connectivity index (χ1n) is 7.81. The molecule has 0 fully saturated rings. The molecule has 2 aromatic carbocycles. The third kappa shape index (κ3) is 3.35. The van der Waals surface area contributed by atoms with Crippen molar-refractivity contribution in [2.75, 3.05) is 0 Å². The molecule has 0 aromatic heterocycles. The maximum absolute atomic E-state index is 12.5. The van der Waals surface area contributed by atoms with Gasteiger partial charge < -0.3 is 10.4 Å². The lowest BCUT2D eigenvalue weighted by molar-refractivity contribution is 0.104. The summed E-state index contributed by atoms with van der Waals surface area (Å²) in [4.78, 5) is 12.5. The van der Waals surface area contributed by atoms with E-state index in [0.717, 1.165) is 28.8 Å². The van der Waals surface area contributed by atoms with Gasteiger partial charge in [0, 0.05) is 28.4 Å². The number of fused-ring (bicyclic) bond motifs is 1. The molecule has 1 aliphatic rings. The van der Waals surface area contributed by atoms with Gasteiger partial charge in [-0.3, -0.25) is 4.79 Å². The maximum Gasteiger partial charge on any atom is 0.187 e. The molecule has 3 rings (SSSR count). The van der Waals surface area contributed by atoms with E-state index in [4.69, 9.17) is 0 Å². The van der Waals surface area contributed by atoms with E-state index >= 15 is 0 Å². The Bertz CT molecular complexity index is 760. The molecule has 0 radical (unpaired) electrons. The average molecular weight is 307 g/mol. The Morgan fingerprint density at radius 3 is 2.65 bits per heavy atom. The summed E-state index contributed by atoms with van der Waals surface area (Å²) in [6.45, 7) is 4.26. The van der Waals surface area contributed by atoms with E-state index in [9.17, 15) is 9.90 Å². The quantitative estimate of drug-likeness (QED) is 0.675. The van der Waals surface area contributed by atoms with Gasteiger partial charge in [-0.25, -0.2) is 0 Å². The zero-order valence-corrected chi connectivity index (χ0v) is 13.5. The molecule has 0 amide bonds. The van der Waals surface area contributed by atoms with Gasteiger partial charge in [0.2, 0.25) is 0 Å². The number of nitrogens with one attached hydrogen (secondary N) is 1. The number of rotatable bonds is 3. The van der Waals surface area contributed by atoms with Gasteiger partial charge in [0.1, 0.15) is 0 Å². The Labute approximate surface area is 136 Å². The van der Waals surface area contributed by atoms with E-state index in [-0.39, 0.29) is 17.9 Å². The van der Waals surface area contributed by atoms with Crippen LogP contribution < -0.4 is 5.32 Å². The predicted molar refractivity (Wildman–Crippen MR) is 92.0 cm³/mol. The van der Waals surface area contributed by atoms with Crippen LogP contribution in [-0.4, -0.2) is 16.4 Å². The first kappa shape index (κ1) is 15.5. The van der Waals surface area contributed by atoms with Gasteiger partial charge in [0.15, 0.2) is 5.78 Å². The van der Waals surface area contributed by atoms with E-state index in [0.29, 0.717) is 5.56 Å². The molecule has 3 nitrogen and oxygen atoms in total. The zero-order chi connectivity index (χ0) is 16.4. The molecular weight excluding hydrogens is 286 g/mol. The number of aliphatic hydroxyl groups excluding tert-OH is 1. The molecular formula is C20H21NO2. The highest BCUT2D eigenvalue weighted by Gasteiger charge is 2.28. The van der Waals surface area contributed by atoms with Gasteiger partial charge in [-0.05, 0) is 31.4 Å². The molecule has 118 valence electrons. The second-order valence-electron chi connectivity index (χ2n) is 6.62. The molecule has 0 spiro atoms. The van der Waals surface area contributed by atoms with Crippen LogP contribution in [0, 0.1) is 0 Å². The molecule has 2 aromatic rings. The molecule has 0 atom stereocenters. The van der Waals surface area contributed by atoms with Crippen LogP contribution in [0.15, 0.2) is 54.6 Å². The first-order chi connectivity index (χ1) is 11.0. The topological polar surface area (TPSA) is 49.3 Å². The number of hydrogen-bond donors (Lipinski definition) is 2. The Morgan fingerprint density at radius 2 is 1.96 bits per heavy atom. The maximum atomic E-state index is 12.5. The molecule has 0 unspecified atom stereocenters. The van der Waals surface area contributed by atoms with E-state index in [1.807, 2.05) is 48.5 Å². The van der Waals surface area contributed by atoms with E-state index in [1.165, 1.54) is 0 Å². The third-order valence-electron chi connectivity index (χ3n) is 4.08. The first-order valence-corrected chi connectivity index (χ1v) is 7.81. The number of aliphatic hydroxyl groups is 1. The molecule has 0 saturated carbocycles. The van der Waals surface area contributed by atoms with Crippen LogP contribution in [0.3, 0.4) is 0 Å². The fourth-order valence-corrected chi connectivity index (χ4v) is 3.04. The van der Waals surface area contributed by atoms with Gasteiger partial charge in [0.25, 0.3) is 0 Å². The average Bonchev–Trinajstić information content (AvgIpc) is 2.54. The van der Waals surface area contributed by atoms with Crippen LogP contribution in [0.5, 0.6) is 0 Å². The number of allylic oxidation sites excluding steroid dienone is 1. The van der Waals surface area contributed by atoms with Crippen molar-refractivity contribution in [3.05, 3.63) is 76.9 Å². The molecule has 0 bridgehead atoms. The van der Waals surface area contributed by atoms with Gasteiger partial charge in [0.05, 0.1) is 6.61 Å². The minimum Gasteiger partial charge on any atom is -0.392 e. The summed E-state index contributed by atoms with van der Waals surface area (Å²) in [5.41, 5.74) is 4.48. The highest BCUT2D eigenvalue weighted by Crippen LogP contribution is 2.30. The van der Waals surface area contributed by atoms with Crippen LogP contribution in [0.2, 0.25) is 0 Å². The lowest BCUT2D eigenvalue weighted by Crippen LogP contribution is -2.43. The van der Waals surface area contributed by atoms with Crippen molar-refractivity contribution in [2.24, 2.45) is 0 Å². The second-order valence-corrected chi connectivity index (χ2v) is 6.62. The highest BCUT2D eigenvalue weighted by atomic mass is 16.3. The largest absolute Gasteiger partial charge is 0.392 e. The lowest BCUT2D eigenvalue weighted by atomic mass is 9.84. The summed E-state index contributed by atoms with van der Waals surface area (Å²) < 4.78 is 0. The Morgan fingerprint density at radius 1 is 1.22 bits per heavy atom. The number of hydrogen-bond acceptors (Lipinski definition) is 3. The van der Waals surface area contributed by atoms with Gasteiger partial charge >= 0.3 is 0 Å². The van der Waals surface area contributed by atoms with Gasteiger partial charge in [-0.15, -0.1) is 0 Å². The van der Waals surface area contributed by atoms with E-state index in [1.54, 1.807) is 6.08 Å². The summed E-state index contributed by atoms with van der Waals surface area (Å²) >= 11 is 0. The second kappa shape index (κ2) is 6.01. The molecule has 2 N–H and O–H groups in total. The SMILES string of the molecule is CC1(C)Cc2cc(CO)ccc2C(=CC(=O)c2ccccc2)N1. The Balaban J connectivity index is 2.03. The molecule has 23 heavy (non-hydrogen) atoms. The predicted octanol–water partition coefficient (Wildman–Crippen LogP) is 3.33. The van der Waals surface area contributed by atoms with Crippen molar-refractivity contribution in [2.45, 2.75) is 32.4 Å². The van der Waals surface area contributed by atoms with Crippen LogP contribution in [0.1, 0.15) is 40.9 Å². The van der Waals surface area contributed by atoms with Crippen LogP contribution in [0.4, 0.5) is 0 Å². The van der Waals surface area contributed by atoms with Gasteiger partial charge in [-0.1, -0.05) is 48.5 Å². The van der Waals surface area contributed by atoms with Crippen molar-refractivity contribution in [3.8, 4) is 0 Å².